The first kappa shape index (κ1) is 18.1. The highest BCUT2D eigenvalue weighted by atomic mass is 35.5. The van der Waals surface area contributed by atoms with Crippen LogP contribution in [0, 0.1) is 5.82 Å². The zero-order chi connectivity index (χ0) is 18.8. The molecular formula is C19H16ClFN2O3. The molecule has 0 saturated carbocycles. The van der Waals surface area contributed by atoms with Gasteiger partial charge in [-0.2, -0.15) is 0 Å². The number of hydrogen-bond donors (Lipinski definition) is 0. The molecule has 0 radical (unpaired) electrons. The van der Waals surface area contributed by atoms with Gasteiger partial charge in [0.25, 0.3) is 5.91 Å². The molecule has 134 valence electrons. The highest BCUT2D eigenvalue weighted by Gasteiger charge is 2.43. The van der Waals surface area contributed by atoms with Gasteiger partial charge in [-0.1, -0.05) is 23.7 Å². The lowest BCUT2D eigenvalue weighted by Crippen LogP contribution is -2.44. The van der Waals surface area contributed by atoms with E-state index in [1.807, 2.05) is 0 Å². The standard InChI is InChI=1S/C19H16ClFN2O3/c1-12(24)22(11-13-2-6-15(21)7-3-13)17-10-18(25)23(19(17)26)16-8-4-14(20)5-9-16/h2-9,17H,10-11H2,1H3. The molecule has 0 aromatic heterocycles. The lowest BCUT2D eigenvalue weighted by Gasteiger charge is -2.26. The van der Waals surface area contributed by atoms with Crippen LogP contribution in [0.4, 0.5) is 10.1 Å². The zero-order valence-corrected chi connectivity index (χ0v) is 14.7. The van der Waals surface area contributed by atoms with Crippen LogP contribution < -0.4 is 4.90 Å². The summed E-state index contributed by atoms with van der Waals surface area (Å²) in [6.45, 7) is 1.46. The number of rotatable bonds is 4. The van der Waals surface area contributed by atoms with Crippen molar-refractivity contribution in [2.45, 2.75) is 25.9 Å². The van der Waals surface area contributed by atoms with Crippen molar-refractivity contribution in [1.29, 1.82) is 0 Å². The van der Waals surface area contributed by atoms with Crippen LogP contribution in [0.2, 0.25) is 5.02 Å². The third kappa shape index (κ3) is 3.60. The SMILES string of the molecule is CC(=O)N(Cc1ccc(F)cc1)C1CC(=O)N(c2ccc(Cl)cc2)C1=O. The van der Waals surface area contributed by atoms with Crippen molar-refractivity contribution in [2.24, 2.45) is 0 Å². The van der Waals surface area contributed by atoms with Crippen LogP contribution in [-0.2, 0) is 20.9 Å². The van der Waals surface area contributed by atoms with Crippen LogP contribution >= 0.6 is 11.6 Å². The van der Waals surface area contributed by atoms with Crippen molar-refractivity contribution in [1.82, 2.24) is 4.90 Å². The molecule has 2 aromatic carbocycles. The number of imide groups is 1. The molecule has 3 amide bonds. The molecule has 2 aromatic rings. The van der Waals surface area contributed by atoms with E-state index in [0.29, 0.717) is 16.3 Å². The van der Waals surface area contributed by atoms with Crippen molar-refractivity contribution >= 4 is 35.0 Å². The number of amides is 3. The van der Waals surface area contributed by atoms with Crippen LogP contribution in [-0.4, -0.2) is 28.7 Å². The molecule has 1 aliphatic heterocycles. The first-order valence-corrected chi connectivity index (χ1v) is 8.38. The van der Waals surface area contributed by atoms with E-state index in [1.165, 1.54) is 24.0 Å². The Morgan fingerprint density at radius 3 is 2.35 bits per heavy atom. The topological polar surface area (TPSA) is 57.7 Å². The van der Waals surface area contributed by atoms with E-state index in [0.717, 1.165) is 4.90 Å². The van der Waals surface area contributed by atoms with E-state index in [1.54, 1.807) is 36.4 Å². The van der Waals surface area contributed by atoms with Gasteiger partial charge >= 0.3 is 0 Å². The maximum absolute atomic E-state index is 13.1. The maximum atomic E-state index is 13.1. The van der Waals surface area contributed by atoms with Crippen molar-refractivity contribution in [3.8, 4) is 0 Å². The molecule has 0 N–H and O–H groups in total. The molecule has 0 bridgehead atoms. The van der Waals surface area contributed by atoms with E-state index in [9.17, 15) is 18.8 Å². The summed E-state index contributed by atoms with van der Waals surface area (Å²) in [4.78, 5) is 39.7. The van der Waals surface area contributed by atoms with Gasteiger partial charge in [0.05, 0.1) is 12.1 Å². The number of halogens is 2. The summed E-state index contributed by atoms with van der Waals surface area (Å²) in [6.07, 6.45) is -0.0950. The summed E-state index contributed by atoms with van der Waals surface area (Å²) in [5.74, 6) is -1.56. The summed E-state index contributed by atoms with van der Waals surface area (Å²) in [6, 6.07) is 11.1. The Labute approximate surface area is 155 Å². The molecule has 7 heteroatoms. The highest BCUT2D eigenvalue weighted by molar-refractivity contribution is 6.30. The van der Waals surface area contributed by atoms with Gasteiger partial charge in [0.1, 0.15) is 11.9 Å². The van der Waals surface area contributed by atoms with Crippen molar-refractivity contribution in [2.75, 3.05) is 4.90 Å². The molecular weight excluding hydrogens is 359 g/mol. The fourth-order valence-corrected chi connectivity index (χ4v) is 3.07. The molecule has 1 unspecified atom stereocenters. The molecule has 0 aliphatic carbocycles. The second kappa shape index (κ2) is 7.25. The number of anilines is 1. The molecule has 26 heavy (non-hydrogen) atoms. The van der Waals surface area contributed by atoms with E-state index in [2.05, 4.69) is 0 Å². The van der Waals surface area contributed by atoms with Crippen molar-refractivity contribution < 1.29 is 18.8 Å². The lowest BCUT2D eigenvalue weighted by molar-refractivity contribution is -0.137. The summed E-state index contributed by atoms with van der Waals surface area (Å²) in [5, 5.41) is 0.492. The van der Waals surface area contributed by atoms with Gasteiger partial charge in [0, 0.05) is 18.5 Å². The summed E-state index contributed by atoms with van der Waals surface area (Å²) in [7, 11) is 0. The van der Waals surface area contributed by atoms with Crippen molar-refractivity contribution in [3.63, 3.8) is 0 Å². The average molecular weight is 375 g/mol. The van der Waals surface area contributed by atoms with Crippen LogP contribution in [0.1, 0.15) is 18.9 Å². The van der Waals surface area contributed by atoms with Gasteiger partial charge in [-0.15, -0.1) is 0 Å². The van der Waals surface area contributed by atoms with Crippen LogP contribution in [0.3, 0.4) is 0 Å². The predicted octanol–water partition coefficient (Wildman–Crippen LogP) is 3.16. The summed E-state index contributed by atoms with van der Waals surface area (Å²) < 4.78 is 13.1. The van der Waals surface area contributed by atoms with Crippen molar-refractivity contribution in [3.05, 3.63) is 64.9 Å². The molecule has 5 nitrogen and oxygen atoms in total. The van der Waals surface area contributed by atoms with Gasteiger partial charge in [-0.25, -0.2) is 9.29 Å². The number of nitrogens with zero attached hydrogens (tertiary/aromatic N) is 2. The minimum Gasteiger partial charge on any atom is -0.326 e. The molecule has 0 spiro atoms. The molecule has 1 aliphatic rings. The Hall–Kier alpha value is -2.73. The normalized spacial score (nSPS) is 16.9. The zero-order valence-electron chi connectivity index (χ0n) is 14.0. The maximum Gasteiger partial charge on any atom is 0.257 e. The van der Waals surface area contributed by atoms with Gasteiger partial charge < -0.3 is 4.90 Å². The average Bonchev–Trinajstić information content (AvgIpc) is 2.89. The minimum absolute atomic E-state index is 0.0950. The number of benzene rings is 2. The van der Waals surface area contributed by atoms with Gasteiger partial charge in [-0.05, 0) is 42.0 Å². The largest absolute Gasteiger partial charge is 0.326 e. The molecule has 1 heterocycles. The number of carbonyl (C=O) groups excluding carboxylic acids is 3. The van der Waals surface area contributed by atoms with E-state index in [-0.39, 0.29) is 30.6 Å². The van der Waals surface area contributed by atoms with Gasteiger partial charge in [-0.3, -0.25) is 14.4 Å². The summed E-state index contributed by atoms with van der Waals surface area (Å²) >= 11 is 5.85. The Bertz CT molecular complexity index is 852. The Kier molecular flexibility index (Phi) is 5.04. The van der Waals surface area contributed by atoms with E-state index < -0.39 is 11.9 Å². The van der Waals surface area contributed by atoms with Crippen LogP contribution in [0.5, 0.6) is 0 Å². The fourth-order valence-electron chi connectivity index (χ4n) is 2.95. The first-order valence-electron chi connectivity index (χ1n) is 8.01. The monoisotopic (exact) mass is 374 g/mol. The van der Waals surface area contributed by atoms with Gasteiger partial charge in [0.15, 0.2) is 0 Å². The lowest BCUT2D eigenvalue weighted by atomic mass is 10.1. The molecule has 1 atom stereocenters. The fraction of sp³-hybridized carbons (Fsp3) is 0.211. The predicted molar refractivity (Wildman–Crippen MR) is 95.0 cm³/mol. The molecule has 3 rings (SSSR count). The van der Waals surface area contributed by atoms with Gasteiger partial charge in [0.2, 0.25) is 11.8 Å². The Morgan fingerprint density at radius 2 is 1.77 bits per heavy atom. The van der Waals surface area contributed by atoms with E-state index >= 15 is 0 Å². The number of hydrogen-bond acceptors (Lipinski definition) is 3. The minimum atomic E-state index is -0.888. The smallest absolute Gasteiger partial charge is 0.257 e. The highest BCUT2D eigenvalue weighted by Crippen LogP contribution is 2.27. The Morgan fingerprint density at radius 1 is 1.15 bits per heavy atom. The quantitative estimate of drug-likeness (QED) is 0.772. The van der Waals surface area contributed by atoms with Crippen LogP contribution in [0.15, 0.2) is 48.5 Å². The third-order valence-corrected chi connectivity index (χ3v) is 4.51. The third-order valence-electron chi connectivity index (χ3n) is 4.25. The second-order valence-electron chi connectivity index (χ2n) is 6.04. The number of carbonyl (C=O) groups is 3. The summed E-state index contributed by atoms with van der Waals surface area (Å²) in [5.41, 5.74) is 1.09. The first-order chi connectivity index (χ1) is 12.4. The Balaban J connectivity index is 1.85. The molecule has 1 saturated heterocycles. The van der Waals surface area contributed by atoms with Crippen LogP contribution in [0.25, 0.3) is 0 Å². The second-order valence-corrected chi connectivity index (χ2v) is 6.47. The van der Waals surface area contributed by atoms with E-state index in [4.69, 9.17) is 11.6 Å². The molecule has 1 fully saturated rings.